The minimum Gasteiger partial charge on any atom is -0.383 e. The molecule has 0 saturated carbocycles. The predicted octanol–water partition coefficient (Wildman–Crippen LogP) is 3.69. The first-order valence-corrected chi connectivity index (χ1v) is 8.94. The maximum absolute atomic E-state index is 6.25. The van der Waals surface area contributed by atoms with E-state index in [1.807, 2.05) is 5.06 Å². The van der Waals surface area contributed by atoms with E-state index in [1.54, 1.807) is 7.11 Å². The van der Waals surface area contributed by atoms with Gasteiger partial charge >= 0.3 is 0 Å². The minimum atomic E-state index is -0.411. The summed E-state index contributed by atoms with van der Waals surface area (Å²) < 4.78 is 5.18. The third-order valence-corrected chi connectivity index (χ3v) is 4.44. The number of nitrogens with two attached hydrogens (primary N) is 1. The van der Waals surface area contributed by atoms with Crippen molar-refractivity contribution in [1.82, 2.24) is 0 Å². The molecule has 1 atom stereocenters. The predicted molar refractivity (Wildman–Crippen MR) is 95.6 cm³/mol. The topological polar surface area (TPSA) is 47.7 Å². The fourth-order valence-electron chi connectivity index (χ4n) is 3.06. The zero-order valence-corrected chi connectivity index (χ0v) is 14.7. The highest BCUT2D eigenvalue weighted by molar-refractivity contribution is 5.46. The van der Waals surface area contributed by atoms with Crippen LogP contribution in [0.3, 0.4) is 0 Å². The van der Waals surface area contributed by atoms with E-state index in [4.69, 9.17) is 15.3 Å². The zero-order chi connectivity index (χ0) is 16.5. The monoisotopic (exact) mass is 320 g/mol. The molecule has 0 aromatic heterocycles. The summed E-state index contributed by atoms with van der Waals surface area (Å²) in [5.74, 6) is 0. The van der Waals surface area contributed by atoms with E-state index in [1.165, 1.54) is 44.1 Å². The van der Waals surface area contributed by atoms with Gasteiger partial charge in [-0.25, -0.2) is 0 Å². The minimum absolute atomic E-state index is 0.411. The van der Waals surface area contributed by atoms with Gasteiger partial charge in [-0.3, -0.25) is 9.90 Å². The molecule has 1 aliphatic rings. The number of hydrogen-bond acceptors (Lipinski definition) is 4. The number of hydroxylamine groups is 1. The molecule has 0 spiro atoms. The molecule has 23 heavy (non-hydrogen) atoms. The number of ether oxygens (including phenoxy) is 1. The Kier molecular flexibility index (Phi) is 7.34. The molecule has 130 valence electrons. The number of nitrogens with zero attached hydrogens (tertiary/aromatic N) is 1. The second-order valence-corrected chi connectivity index (χ2v) is 6.79. The van der Waals surface area contributed by atoms with Crippen molar-refractivity contribution in [3.05, 3.63) is 29.8 Å². The van der Waals surface area contributed by atoms with Gasteiger partial charge in [0.1, 0.15) is 0 Å². The van der Waals surface area contributed by atoms with Crippen molar-refractivity contribution >= 4 is 5.69 Å². The Hall–Kier alpha value is -1.10. The molecule has 2 N–H and O–H groups in total. The molecule has 1 aromatic carbocycles. The van der Waals surface area contributed by atoms with Crippen LogP contribution in [0.2, 0.25) is 0 Å². The number of hydrogen-bond donors (Lipinski definition) is 1. The number of rotatable bonds is 10. The van der Waals surface area contributed by atoms with Crippen molar-refractivity contribution in [2.75, 3.05) is 31.9 Å². The molecule has 4 heteroatoms. The molecule has 0 radical (unpaired) electrons. The van der Waals surface area contributed by atoms with E-state index >= 15 is 0 Å². The van der Waals surface area contributed by atoms with Crippen LogP contribution in [0, 0.1) is 0 Å². The maximum atomic E-state index is 6.25. The Morgan fingerprint density at radius 2 is 1.83 bits per heavy atom. The van der Waals surface area contributed by atoms with Crippen LogP contribution in [0.15, 0.2) is 24.3 Å². The Morgan fingerprint density at radius 1 is 1.13 bits per heavy atom. The molecule has 1 fully saturated rings. The van der Waals surface area contributed by atoms with Gasteiger partial charge in [0.2, 0.25) is 0 Å². The lowest BCUT2D eigenvalue weighted by atomic mass is 10.0. The Morgan fingerprint density at radius 3 is 2.52 bits per heavy atom. The summed E-state index contributed by atoms with van der Waals surface area (Å²) in [6.45, 7) is 3.94. The van der Waals surface area contributed by atoms with Crippen molar-refractivity contribution in [3.8, 4) is 0 Å². The largest absolute Gasteiger partial charge is 0.383 e. The van der Waals surface area contributed by atoms with Crippen molar-refractivity contribution in [2.24, 2.45) is 5.73 Å². The van der Waals surface area contributed by atoms with Gasteiger partial charge in [-0.05, 0) is 30.5 Å². The number of anilines is 1. The van der Waals surface area contributed by atoms with Crippen molar-refractivity contribution in [2.45, 2.75) is 57.4 Å². The van der Waals surface area contributed by atoms with Gasteiger partial charge in [0.15, 0.2) is 0 Å². The second-order valence-electron chi connectivity index (χ2n) is 6.79. The standard InChI is InChI=1S/C19H32N2O2/c1-3-4-5-6-7-8-9-17-10-12-18(13-11-17)21-14-19(20,15-22-2)16-23-21/h10-13H,3-9,14-16,20H2,1-2H3. The average molecular weight is 320 g/mol. The quantitative estimate of drug-likeness (QED) is 0.668. The third kappa shape index (κ3) is 5.79. The Balaban J connectivity index is 1.74. The third-order valence-electron chi connectivity index (χ3n) is 4.44. The van der Waals surface area contributed by atoms with Crippen LogP contribution >= 0.6 is 0 Å². The van der Waals surface area contributed by atoms with E-state index in [-0.39, 0.29) is 0 Å². The summed E-state index contributed by atoms with van der Waals surface area (Å²) in [6.07, 6.45) is 9.21. The second kappa shape index (κ2) is 9.26. The van der Waals surface area contributed by atoms with E-state index in [2.05, 4.69) is 31.2 Å². The van der Waals surface area contributed by atoms with Gasteiger partial charge in [-0.1, -0.05) is 51.2 Å². The van der Waals surface area contributed by atoms with Gasteiger partial charge in [0, 0.05) is 7.11 Å². The molecule has 4 nitrogen and oxygen atoms in total. The lowest BCUT2D eigenvalue weighted by Gasteiger charge is -2.21. The molecule has 0 bridgehead atoms. The first kappa shape index (κ1) is 18.2. The summed E-state index contributed by atoms with van der Waals surface area (Å²) >= 11 is 0. The molecule has 1 saturated heterocycles. The highest BCUT2D eigenvalue weighted by Crippen LogP contribution is 2.24. The molecular formula is C19H32N2O2. The lowest BCUT2D eigenvalue weighted by Crippen LogP contribution is -2.49. The fraction of sp³-hybridized carbons (Fsp3) is 0.684. The van der Waals surface area contributed by atoms with E-state index in [0.29, 0.717) is 19.8 Å². The molecule has 0 aliphatic carbocycles. The van der Waals surface area contributed by atoms with Crippen LogP contribution in [-0.4, -0.2) is 32.4 Å². The van der Waals surface area contributed by atoms with E-state index < -0.39 is 5.54 Å². The van der Waals surface area contributed by atoms with Gasteiger partial charge in [-0.2, -0.15) is 0 Å². The average Bonchev–Trinajstić information content (AvgIpc) is 2.94. The van der Waals surface area contributed by atoms with Crippen LogP contribution in [0.1, 0.15) is 51.0 Å². The molecule has 0 amide bonds. The summed E-state index contributed by atoms with van der Waals surface area (Å²) in [4.78, 5) is 5.71. The number of aryl methyl sites for hydroxylation is 1. The first-order valence-electron chi connectivity index (χ1n) is 8.94. The van der Waals surface area contributed by atoms with Crippen molar-refractivity contribution in [1.29, 1.82) is 0 Å². The smallest absolute Gasteiger partial charge is 0.0969 e. The number of benzene rings is 1. The van der Waals surface area contributed by atoms with Crippen LogP contribution in [0.5, 0.6) is 0 Å². The first-order chi connectivity index (χ1) is 11.2. The highest BCUT2D eigenvalue weighted by Gasteiger charge is 2.36. The lowest BCUT2D eigenvalue weighted by molar-refractivity contribution is 0.106. The summed E-state index contributed by atoms with van der Waals surface area (Å²) in [5, 5.41) is 1.88. The van der Waals surface area contributed by atoms with Crippen LogP contribution in [0.4, 0.5) is 5.69 Å². The Bertz CT molecular complexity index is 449. The van der Waals surface area contributed by atoms with Gasteiger partial charge in [0.25, 0.3) is 0 Å². The number of methoxy groups -OCH3 is 1. The number of unbranched alkanes of at least 4 members (excludes halogenated alkanes) is 5. The summed E-state index contributed by atoms with van der Waals surface area (Å²) in [7, 11) is 1.67. The van der Waals surface area contributed by atoms with Gasteiger partial charge < -0.3 is 10.5 Å². The van der Waals surface area contributed by atoms with Crippen LogP contribution < -0.4 is 10.8 Å². The highest BCUT2D eigenvalue weighted by atomic mass is 16.7. The molecule has 1 unspecified atom stereocenters. The molecule has 1 heterocycles. The summed E-state index contributed by atoms with van der Waals surface area (Å²) in [5.41, 5.74) is 8.31. The van der Waals surface area contributed by atoms with E-state index in [9.17, 15) is 0 Å². The van der Waals surface area contributed by atoms with Crippen molar-refractivity contribution < 1.29 is 9.57 Å². The zero-order valence-electron chi connectivity index (χ0n) is 14.7. The SMILES string of the molecule is CCCCCCCCc1ccc(N2CC(N)(COC)CO2)cc1. The van der Waals surface area contributed by atoms with Crippen LogP contribution in [0.25, 0.3) is 0 Å². The van der Waals surface area contributed by atoms with E-state index in [0.717, 1.165) is 12.1 Å². The Labute approximate surface area is 140 Å². The van der Waals surface area contributed by atoms with Gasteiger partial charge in [-0.15, -0.1) is 0 Å². The molecular weight excluding hydrogens is 288 g/mol. The molecule has 2 rings (SSSR count). The normalized spacial score (nSPS) is 21.1. The fourth-order valence-corrected chi connectivity index (χ4v) is 3.06. The summed E-state index contributed by atoms with van der Waals surface area (Å²) in [6, 6.07) is 8.67. The maximum Gasteiger partial charge on any atom is 0.0969 e. The van der Waals surface area contributed by atoms with Crippen LogP contribution in [-0.2, 0) is 16.0 Å². The van der Waals surface area contributed by atoms with Gasteiger partial charge in [0.05, 0.1) is 31.0 Å². The molecule has 1 aromatic rings. The van der Waals surface area contributed by atoms with Crippen molar-refractivity contribution in [3.63, 3.8) is 0 Å². The molecule has 1 aliphatic heterocycles.